The minimum atomic E-state index is 0.0579. The molecular weight excluding hydrogens is 124 g/mol. The maximum atomic E-state index is 6.07. The minimum absolute atomic E-state index is 0.0579. The molecule has 2 aliphatic carbocycles. The summed E-state index contributed by atoms with van der Waals surface area (Å²) in [5.74, 6) is 1.45. The summed E-state index contributed by atoms with van der Waals surface area (Å²) in [5.41, 5.74) is 12.0. The highest BCUT2D eigenvalue weighted by atomic mass is 14.9. The van der Waals surface area contributed by atoms with Crippen LogP contribution in [0.2, 0.25) is 0 Å². The van der Waals surface area contributed by atoms with Gasteiger partial charge >= 0.3 is 0 Å². The summed E-state index contributed by atoms with van der Waals surface area (Å²) in [7, 11) is 0. The van der Waals surface area contributed by atoms with Crippen molar-refractivity contribution in [3.8, 4) is 0 Å². The third-order valence-electron chi connectivity index (χ3n) is 3.29. The van der Waals surface area contributed by atoms with Gasteiger partial charge in [-0.15, -0.1) is 0 Å². The molecule has 4 unspecified atom stereocenters. The van der Waals surface area contributed by atoms with Crippen molar-refractivity contribution >= 4 is 0 Å². The molecule has 0 heterocycles. The number of nitrogens with two attached hydrogens (primary N) is 2. The Balaban J connectivity index is 2.20. The molecule has 0 amide bonds. The van der Waals surface area contributed by atoms with E-state index in [9.17, 15) is 0 Å². The second-order valence-corrected chi connectivity index (χ2v) is 4.32. The minimum Gasteiger partial charge on any atom is -0.327 e. The number of hydrogen-bond donors (Lipinski definition) is 2. The second kappa shape index (κ2) is 1.74. The Kier molecular flexibility index (Phi) is 1.15. The molecule has 4 N–H and O–H groups in total. The molecule has 4 atom stereocenters. The van der Waals surface area contributed by atoms with Crippen molar-refractivity contribution in [2.75, 3.05) is 0 Å². The van der Waals surface area contributed by atoms with E-state index in [4.69, 9.17) is 11.5 Å². The van der Waals surface area contributed by atoms with E-state index in [1.807, 2.05) is 0 Å². The van der Waals surface area contributed by atoms with Crippen LogP contribution >= 0.6 is 0 Å². The lowest BCUT2D eigenvalue weighted by atomic mass is 9.81. The molecule has 0 spiro atoms. The van der Waals surface area contributed by atoms with Crippen molar-refractivity contribution in [3.05, 3.63) is 0 Å². The molecule has 0 radical (unpaired) electrons. The van der Waals surface area contributed by atoms with Crippen molar-refractivity contribution in [1.82, 2.24) is 0 Å². The molecule has 0 saturated heterocycles. The van der Waals surface area contributed by atoms with Gasteiger partial charge in [0.15, 0.2) is 0 Å². The van der Waals surface area contributed by atoms with Crippen LogP contribution in [0.3, 0.4) is 0 Å². The van der Waals surface area contributed by atoms with Gasteiger partial charge in [0, 0.05) is 11.6 Å². The van der Waals surface area contributed by atoms with Crippen LogP contribution in [-0.4, -0.2) is 11.6 Å². The van der Waals surface area contributed by atoms with E-state index in [1.54, 1.807) is 0 Å². The molecule has 58 valence electrons. The molecule has 10 heavy (non-hydrogen) atoms. The molecule has 2 aliphatic rings. The zero-order valence-corrected chi connectivity index (χ0v) is 6.51. The lowest BCUT2D eigenvalue weighted by Gasteiger charge is -2.33. The molecule has 0 aromatic rings. The fourth-order valence-electron chi connectivity index (χ4n) is 2.88. The van der Waals surface area contributed by atoms with Gasteiger partial charge in [-0.05, 0) is 38.0 Å². The Hall–Kier alpha value is -0.0800. The SMILES string of the molecule is CC1(N)CC2CC(N)C1C2. The Labute approximate surface area is 62.0 Å². The van der Waals surface area contributed by atoms with Crippen LogP contribution in [0.4, 0.5) is 0 Å². The highest BCUT2D eigenvalue weighted by Crippen LogP contribution is 2.48. The zero-order chi connectivity index (χ0) is 7.35. The van der Waals surface area contributed by atoms with Crippen LogP contribution in [0.15, 0.2) is 0 Å². The molecule has 2 rings (SSSR count). The van der Waals surface area contributed by atoms with E-state index in [-0.39, 0.29) is 5.54 Å². The summed E-state index contributed by atoms with van der Waals surface area (Å²) in [6.07, 6.45) is 3.71. The smallest absolute Gasteiger partial charge is 0.0171 e. The van der Waals surface area contributed by atoms with E-state index in [1.165, 1.54) is 19.3 Å². The maximum absolute atomic E-state index is 6.07. The molecule has 0 aliphatic heterocycles. The first kappa shape index (κ1) is 6.62. The van der Waals surface area contributed by atoms with E-state index >= 15 is 0 Å². The molecule has 2 saturated carbocycles. The summed E-state index contributed by atoms with van der Waals surface area (Å²) in [6, 6.07) is 0.397. The summed E-state index contributed by atoms with van der Waals surface area (Å²) in [5, 5.41) is 0. The number of fused-ring (bicyclic) bond motifs is 2. The maximum Gasteiger partial charge on any atom is 0.0171 e. The third kappa shape index (κ3) is 0.722. The molecule has 2 heteroatoms. The molecule has 2 nitrogen and oxygen atoms in total. The summed E-state index contributed by atoms with van der Waals surface area (Å²) in [6.45, 7) is 2.15. The highest BCUT2D eigenvalue weighted by Gasteiger charge is 2.49. The van der Waals surface area contributed by atoms with Gasteiger partial charge in [-0.3, -0.25) is 0 Å². The van der Waals surface area contributed by atoms with Crippen molar-refractivity contribution in [3.63, 3.8) is 0 Å². The quantitative estimate of drug-likeness (QED) is 0.513. The summed E-state index contributed by atoms with van der Waals surface area (Å²) in [4.78, 5) is 0. The second-order valence-electron chi connectivity index (χ2n) is 4.32. The Morgan fingerprint density at radius 3 is 2.40 bits per heavy atom. The fourth-order valence-corrected chi connectivity index (χ4v) is 2.88. The van der Waals surface area contributed by atoms with Gasteiger partial charge in [0.2, 0.25) is 0 Å². The summed E-state index contributed by atoms with van der Waals surface area (Å²) < 4.78 is 0. The first-order valence-electron chi connectivity index (χ1n) is 4.14. The van der Waals surface area contributed by atoms with E-state index in [0.717, 1.165) is 5.92 Å². The standard InChI is InChI=1S/C8H16N2/c1-8(10)4-5-2-6(8)7(9)3-5/h5-7H,2-4,9-10H2,1H3. The summed E-state index contributed by atoms with van der Waals surface area (Å²) >= 11 is 0. The molecule has 0 aromatic carbocycles. The predicted octanol–water partition coefficient (Wildman–Crippen LogP) is 0.461. The fraction of sp³-hybridized carbons (Fsp3) is 1.00. The average Bonchev–Trinajstić information content (AvgIpc) is 2.18. The largest absolute Gasteiger partial charge is 0.327 e. The predicted molar refractivity (Wildman–Crippen MR) is 41.4 cm³/mol. The Morgan fingerprint density at radius 1 is 1.40 bits per heavy atom. The third-order valence-corrected chi connectivity index (χ3v) is 3.29. The molecule has 0 aromatic heterocycles. The van der Waals surface area contributed by atoms with Crippen molar-refractivity contribution < 1.29 is 0 Å². The normalized spacial score (nSPS) is 59.7. The van der Waals surface area contributed by atoms with Gasteiger partial charge in [0.05, 0.1) is 0 Å². The Bertz CT molecular complexity index is 153. The van der Waals surface area contributed by atoms with Gasteiger partial charge in [0.1, 0.15) is 0 Å². The van der Waals surface area contributed by atoms with E-state index < -0.39 is 0 Å². The highest BCUT2D eigenvalue weighted by molar-refractivity contribution is 5.07. The lowest BCUT2D eigenvalue weighted by Crippen LogP contribution is -2.49. The van der Waals surface area contributed by atoms with E-state index in [2.05, 4.69) is 6.92 Å². The van der Waals surface area contributed by atoms with Crippen LogP contribution < -0.4 is 11.5 Å². The zero-order valence-electron chi connectivity index (χ0n) is 6.51. The van der Waals surface area contributed by atoms with Gasteiger partial charge < -0.3 is 11.5 Å². The van der Waals surface area contributed by atoms with Gasteiger partial charge in [-0.25, -0.2) is 0 Å². The number of rotatable bonds is 0. The first-order valence-corrected chi connectivity index (χ1v) is 4.14. The van der Waals surface area contributed by atoms with E-state index in [0.29, 0.717) is 12.0 Å². The first-order chi connectivity index (χ1) is 4.59. The van der Waals surface area contributed by atoms with Crippen molar-refractivity contribution in [2.45, 2.75) is 37.8 Å². The van der Waals surface area contributed by atoms with Crippen molar-refractivity contribution in [2.24, 2.45) is 23.3 Å². The average molecular weight is 140 g/mol. The molecule has 2 fully saturated rings. The van der Waals surface area contributed by atoms with Gasteiger partial charge in [-0.2, -0.15) is 0 Å². The molecule has 2 bridgehead atoms. The monoisotopic (exact) mass is 140 g/mol. The van der Waals surface area contributed by atoms with Gasteiger partial charge in [0.25, 0.3) is 0 Å². The van der Waals surface area contributed by atoms with Crippen molar-refractivity contribution in [1.29, 1.82) is 0 Å². The number of hydrogen-bond acceptors (Lipinski definition) is 2. The van der Waals surface area contributed by atoms with Crippen LogP contribution in [0.1, 0.15) is 26.2 Å². The van der Waals surface area contributed by atoms with Gasteiger partial charge in [-0.1, -0.05) is 0 Å². The van der Waals surface area contributed by atoms with Crippen LogP contribution in [-0.2, 0) is 0 Å². The molecular formula is C8H16N2. The lowest BCUT2D eigenvalue weighted by molar-refractivity contribution is 0.265. The Morgan fingerprint density at radius 2 is 2.10 bits per heavy atom. The van der Waals surface area contributed by atoms with Crippen LogP contribution in [0.5, 0.6) is 0 Å². The van der Waals surface area contributed by atoms with Crippen LogP contribution in [0.25, 0.3) is 0 Å². The topological polar surface area (TPSA) is 52.0 Å². The van der Waals surface area contributed by atoms with Crippen LogP contribution in [0, 0.1) is 11.8 Å².